The number of nitrogens with one attached hydrogen (secondary N) is 5. The molecule has 2 atom stereocenters. The summed E-state index contributed by atoms with van der Waals surface area (Å²) in [6.45, 7) is 38.5. The molecule has 0 aliphatic carbocycles. The Hall–Kier alpha value is -5.56. The zero-order chi connectivity index (χ0) is 65.4. The number of hydrogen-bond donors (Lipinski definition) is 6. The maximum atomic E-state index is 11.9. The molecule has 0 fully saturated rings. The summed E-state index contributed by atoms with van der Waals surface area (Å²) in [5.74, 6) is 0.164. The number of carbonyl (C=O) groups excluding carboxylic acids is 9. The highest BCUT2D eigenvalue weighted by molar-refractivity contribution is 8.10. The number of aryl methyl sites for hydroxylation is 3. The number of benzene rings is 3. The number of nitrogens with two attached hydrogens (primary N) is 1. The van der Waals surface area contributed by atoms with Gasteiger partial charge < -0.3 is 32.3 Å². The highest BCUT2D eigenvalue weighted by Crippen LogP contribution is 2.40. The average Bonchev–Trinajstić information content (AvgIpc) is 3.38. The predicted molar refractivity (Wildman–Crippen MR) is 348 cm³/mol. The number of rotatable bonds is 21. The molecule has 3 aromatic rings. The smallest absolute Gasteiger partial charge is 0.225 e. The van der Waals surface area contributed by atoms with Crippen LogP contribution in [0.3, 0.4) is 0 Å². The van der Waals surface area contributed by atoms with E-state index in [1.807, 2.05) is 79.7 Å². The number of ketones is 4. The summed E-state index contributed by atoms with van der Waals surface area (Å²) >= 11 is 0. The van der Waals surface area contributed by atoms with Gasteiger partial charge in [0.15, 0.2) is 0 Å². The summed E-state index contributed by atoms with van der Waals surface area (Å²) < 4.78 is 11.0. The van der Waals surface area contributed by atoms with Crippen molar-refractivity contribution in [1.82, 2.24) is 26.6 Å². The Kier molecular flexibility index (Phi) is 52.9. The molecule has 3 aromatic carbocycles. The number of carbonyl (C=O) groups is 9. The Bertz CT molecular complexity index is 2170. The van der Waals surface area contributed by atoms with Crippen LogP contribution in [-0.2, 0) is 82.0 Å². The van der Waals surface area contributed by atoms with E-state index in [1.165, 1.54) is 77.7 Å². The Labute approximate surface area is 504 Å². The van der Waals surface area contributed by atoms with E-state index in [4.69, 9.17) is 5.73 Å². The van der Waals surface area contributed by atoms with Gasteiger partial charge in [0.2, 0.25) is 29.5 Å². The van der Waals surface area contributed by atoms with Crippen molar-refractivity contribution >= 4 is 69.5 Å². The molecule has 7 N–H and O–H groups in total. The van der Waals surface area contributed by atoms with Gasteiger partial charge >= 0.3 is 0 Å². The summed E-state index contributed by atoms with van der Waals surface area (Å²) in [6.07, 6.45) is 8.79. The maximum absolute atomic E-state index is 11.9. The van der Waals surface area contributed by atoms with Gasteiger partial charge in [-0.2, -0.15) is 0 Å². The highest BCUT2D eigenvalue weighted by atomic mass is 32.0. The third-order valence-corrected chi connectivity index (χ3v) is 10.5. The van der Waals surface area contributed by atoms with Gasteiger partial charge in [-0.1, -0.05) is 185 Å². The zero-order valence-corrected chi connectivity index (χ0v) is 56.7. The fourth-order valence-corrected chi connectivity index (χ4v) is 5.89. The highest BCUT2D eigenvalue weighted by Gasteiger charge is 2.21. The Morgan fingerprint density at radius 1 is 0.470 bits per heavy atom. The van der Waals surface area contributed by atoms with E-state index in [9.17, 15) is 47.3 Å². The van der Waals surface area contributed by atoms with Crippen LogP contribution in [0.25, 0.3) is 0 Å². The molecule has 0 aliphatic heterocycles. The zero-order valence-electron chi connectivity index (χ0n) is 54.7. The first kappa shape index (κ1) is 86.2. The number of Topliss-reactive ketones (excluding diaryl/α,β-unsaturated/α-hetero) is 4. The Morgan fingerprint density at radius 3 is 0.928 bits per heavy atom. The second-order valence-electron chi connectivity index (χ2n) is 22.8. The molecule has 0 spiro atoms. The van der Waals surface area contributed by atoms with Crippen LogP contribution in [0.5, 0.6) is 0 Å². The van der Waals surface area contributed by atoms with Crippen molar-refractivity contribution in [3.8, 4) is 0 Å². The van der Waals surface area contributed by atoms with E-state index >= 15 is 0 Å². The summed E-state index contributed by atoms with van der Waals surface area (Å²) in [7, 11) is 0.852. The number of hydrogen-bond acceptors (Lipinski definition) is 10. The lowest BCUT2D eigenvalue weighted by molar-refractivity contribution is -0.130. The predicted octanol–water partition coefficient (Wildman–Crippen LogP) is 12.4. The van der Waals surface area contributed by atoms with Crippen molar-refractivity contribution in [3.63, 3.8) is 0 Å². The van der Waals surface area contributed by atoms with Gasteiger partial charge in [-0.3, -0.25) is 43.2 Å². The molecule has 3 rings (SSSR count). The molecule has 0 bridgehead atoms. The quantitative estimate of drug-likeness (QED) is 0.0551. The van der Waals surface area contributed by atoms with Gasteiger partial charge in [0.1, 0.15) is 23.1 Å². The summed E-state index contributed by atoms with van der Waals surface area (Å²) in [6, 6.07) is 24.9. The van der Waals surface area contributed by atoms with Gasteiger partial charge in [-0.15, -0.1) is 0 Å². The normalized spacial score (nSPS) is 10.5. The SMILES string of the molecule is CC.CC(=O)CN.CC(=O)CNC(=O)C(C)(C)C.CC(=O)CNC(=O)C(C)(C)C.CC(=O)NCc1ccc(CCC(=O)CCCC(C)(C)C)cc1.CCCc1ccc(CNC(C)=O)cc1.CCCc1ccc(CNC(C)=O)cc1.CP(F)P. The molecule has 5 amide bonds. The molecule has 472 valence electrons. The molecular formula is C65H111FN6O9P2. The van der Waals surface area contributed by atoms with Crippen LogP contribution in [0.2, 0.25) is 0 Å². The lowest BCUT2D eigenvalue weighted by atomic mass is 9.89. The van der Waals surface area contributed by atoms with Crippen LogP contribution in [0.1, 0.15) is 203 Å². The van der Waals surface area contributed by atoms with Crippen LogP contribution in [0.4, 0.5) is 4.20 Å². The van der Waals surface area contributed by atoms with E-state index in [-0.39, 0.29) is 66.5 Å². The van der Waals surface area contributed by atoms with Crippen molar-refractivity contribution < 1.29 is 47.3 Å². The average molecular weight is 1200 g/mol. The largest absolute Gasteiger partial charge is 0.352 e. The topological polar surface area (TPSA) is 240 Å². The molecule has 18 heteroatoms. The van der Waals surface area contributed by atoms with E-state index in [0.717, 1.165) is 48.8 Å². The van der Waals surface area contributed by atoms with Gasteiger partial charge in [0.05, 0.1) is 27.6 Å². The van der Waals surface area contributed by atoms with E-state index < -0.39 is 18.8 Å². The molecular weight excluding hydrogens is 1090 g/mol. The van der Waals surface area contributed by atoms with E-state index in [2.05, 4.69) is 119 Å². The van der Waals surface area contributed by atoms with Crippen LogP contribution in [0, 0.1) is 16.2 Å². The Balaban J connectivity index is -0.000000298. The number of amides is 5. The molecule has 0 saturated carbocycles. The van der Waals surface area contributed by atoms with Crippen LogP contribution < -0.4 is 32.3 Å². The molecule has 83 heavy (non-hydrogen) atoms. The fraction of sp³-hybridized carbons (Fsp3) is 0.585. The third-order valence-electron chi connectivity index (χ3n) is 10.5. The molecule has 0 aliphatic rings. The van der Waals surface area contributed by atoms with Crippen LogP contribution in [-0.4, -0.2) is 79.0 Å². The minimum absolute atomic E-state index is 0.0163. The van der Waals surface area contributed by atoms with Gasteiger partial charge in [-0.25, -0.2) is 4.20 Å². The van der Waals surface area contributed by atoms with Crippen molar-refractivity contribution in [2.45, 2.75) is 209 Å². The monoisotopic (exact) mass is 1200 g/mol. The van der Waals surface area contributed by atoms with Crippen molar-refractivity contribution in [3.05, 3.63) is 106 Å². The molecule has 0 radical (unpaired) electrons. The molecule has 0 aromatic heterocycles. The summed E-state index contributed by atoms with van der Waals surface area (Å²) in [4.78, 5) is 96.9. The summed E-state index contributed by atoms with van der Waals surface area (Å²) in [5.41, 5.74) is 11.6. The second-order valence-corrected chi connectivity index (χ2v) is 26.0. The van der Waals surface area contributed by atoms with E-state index in [1.54, 1.807) is 0 Å². The van der Waals surface area contributed by atoms with Crippen LogP contribution >= 0.6 is 16.8 Å². The van der Waals surface area contributed by atoms with Crippen molar-refractivity contribution in [2.24, 2.45) is 22.0 Å². The lowest BCUT2D eigenvalue weighted by Crippen LogP contribution is -2.37. The first-order chi connectivity index (χ1) is 38.4. The standard InChI is InChI=1S/C19H29NO2.2C12H17NO.2C8H15NO2.C3H7NO.C2H6.CH5FP2/c1-15(21)20-14-17-9-7-16(8-10-17)11-12-18(22)6-5-13-19(2,3)4;2*1-3-4-11-5-7-12(8-6-11)9-13-10(2)14;2*1-6(10)5-9-7(11)8(2,3)4;1-3(5)2-4;1-2;1-4(2)3/h7-10H,5-6,11-14H2,1-4H3,(H,20,21);2*5-8H,3-4,9H2,1-2H3,(H,13,14);2*5H2,1-4H3,(H,9,11);2,4H2,1H3;1-2H3;3H2,1H3. The first-order valence-corrected chi connectivity index (χ1v) is 32.1. The van der Waals surface area contributed by atoms with Crippen LogP contribution in [0.15, 0.2) is 72.8 Å². The summed E-state index contributed by atoms with van der Waals surface area (Å²) in [5, 5.41) is 13.4. The second kappa shape index (κ2) is 50.9. The van der Waals surface area contributed by atoms with E-state index in [0.29, 0.717) is 43.7 Å². The minimum atomic E-state index is -1.20. The Morgan fingerprint density at radius 2 is 0.723 bits per heavy atom. The molecule has 15 nitrogen and oxygen atoms in total. The minimum Gasteiger partial charge on any atom is -0.352 e. The lowest BCUT2D eigenvalue weighted by Gasteiger charge is -2.17. The van der Waals surface area contributed by atoms with Gasteiger partial charge in [-0.05, 0) is 98.3 Å². The van der Waals surface area contributed by atoms with Gasteiger partial charge in [0, 0.05) is 64.1 Å². The van der Waals surface area contributed by atoms with Gasteiger partial charge in [0.25, 0.3) is 0 Å². The molecule has 0 saturated heterocycles. The maximum Gasteiger partial charge on any atom is 0.225 e. The molecule has 2 unspecified atom stereocenters. The molecule has 0 heterocycles. The van der Waals surface area contributed by atoms with Crippen molar-refractivity contribution in [1.29, 1.82) is 0 Å². The van der Waals surface area contributed by atoms with Crippen molar-refractivity contribution in [2.75, 3.05) is 26.3 Å². The number of halogens is 1. The third kappa shape index (κ3) is 63.9. The fourth-order valence-electron chi connectivity index (χ4n) is 5.89. The first-order valence-electron chi connectivity index (χ1n) is 28.8.